The van der Waals surface area contributed by atoms with Crippen LogP contribution >= 0.6 is 0 Å². The van der Waals surface area contributed by atoms with E-state index in [0.29, 0.717) is 13.0 Å². The number of nitrogens with zero attached hydrogens (tertiary/aromatic N) is 1. The summed E-state index contributed by atoms with van der Waals surface area (Å²) in [4.78, 5) is 37.8. The van der Waals surface area contributed by atoms with Crippen LogP contribution in [0.4, 0.5) is 10.1 Å². The van der Waals surface area contributed by atoms with Crippen molar-refractivity contribution in [3.63, 3.8) is 0 Å². The van der Waals surface area contributed by atoms with Gasteiger partial charge in [-0.15, -0.1) is 0 Å². The lowest BCUT2D eigenvalue weighted by molar-refractivity contribution is -0.151. The first kappa shape index (κ1) is 19.5. The summed E-state index contributed by atoms with van der Waals surface area (Å²) in [6, 6.07) is 15.5. The Labute approximate surface area is 162 Å². The van der Waals surface area contributed by atoms with Crippen molar-refractivity contribution in [2.75, 3.05) is 25.0 Å². The highest BCUT2D eigenvalue weighted by atomic mass is 19.1. The van der Waals surface area contributed by atoms with Gasteiger partial charge in [-0.05, 0) is 24.1 Å². The highest BCUT2D eigenvalue weighted by Gasteiger charge is 2.35. The molecule has 3 rings (SSSR count). The molecule has 1 aliphatic rings. The van der Waals surface area contributed by atoms with Crippen LogP contribution < -0.4 is 5.32 Å². The van der Waals surface area contributed by atoms with Gasteiger partial charge in [-0.25, -0.2) is 4.39 Å². The summed E-state index contributed by atoms with van der Waals surface area (Å²) in [6.07, 6.45) is 0.780. The lowest BCUT2D eigenvalue weighted by atomic mass is 10.1. The number of halogens is 1. The molecule has 0 saturated carbocycles. The van der Waals surface area contributed by atoms with Crippen LogP contribution in [0.25, 0.3) is 0 Å². The number of amides is 2. The van der Waals surface area contributed by atoms with Crippen LogP contribution in [-0.2, 0) is 25.5 Å². The molecule has 1 atom stereocenters. The molecule has 6 nitrogen and oxygen atoms in total. The minimum Gasteiger partial charge on any atom is -0.455 e. The molecule has 146 valence electrons. The molecule has 1 fully saturated rings. The first-order chi connectivity index (χ1) is 13.5. The lowest BCUT2D eigenvalue weighted by Gasteiger charge is -2.16. The van der Waals surface area contributed by atoms with Gasteiger partial charge in [-0.1, -0.05) is 42.5 Å². The standard InChI is InChI=1S/C21H21FN2O4/c22-17-8-4-5-9-18(17)23-19(25)14-28-21(27)16-12-20(26)24(13-16)11-10-15-6-2-1-3-7-15/h1-9,16H,10-14H2,(H,23,25)/t16-/m0/s1. The highest BCUT2D eigenvalue weighted by molar-refractivity contribution is 5.93. The summed E-state index contributed by atoms with van der Waals surface area (Å²) in [5, 5.41) is 2.34. The van der Waals surface area contributed by atoms with E-state index >= 15 is 0 Å². The van der Waals surface area contributed by atoms with Crippen molar-refractivity contribution in [1.29, 1.82) is 0 Å². The maximum Gasteiger partial charge on any atom is 0.311 e. The minimum absolute atomic E-state index is 0.0201. The maximum absolute atomic E-state index is 13.5. The zero-order valence-corrected chi connectivity index (χ0v) is 15.3. The zero-order valence-electron chi connectivity index (χ0n) is 15.3. The Kier molecular flexibility index (Phi) is 6.37. The lowest BCUT2D eigenvalue weighted by Crippen LogP contribution is -2.29. The molecule has 1 aliphatic heterocycles. The number of rotatable bonds is 7. The van der Waals surface area contributed by atoms with Crippen LogP contribution in [-0.4, -0.2) is 42.4 Å². The molecule has 0 radical (unpaired) electrons. The number of para-hydroxylation sites is 1. The van der Waals surface area contributed by atoms with E-state index in [1.165, 1.54) is 18.2 Å². The fourth-order valence-corrected chi connectivity index (χ4v) is 3.06. The molecule has 2 amide bonds. The zero-order chi connectivity index (χ0) is 19.9. The summed E-state index contributed by atoms with van der Waals surface area (Å²) in [5.41, 5.74) is 1.14. The van der Waals surface area contributed by atoms with Gasteiger partial charge >= 0.3 is 5.97 Å². The van der Waals surface area contributed by atoms with Crippen molar-refractivity contribution in [3.05, 3.63) is 66.0 Å². The first-order valence-electron chi connectivity index (χ1n) is 9.05. The Morgan fingerprint density at radius 1 is 1.11 bits per heavy atom. The molecule has 0 spiro atoms. The number of esters is 1. The summed E-state index contributed by atoms with van der Waals surface area (Å²) >= 11 is 0. The maximum atomic E-state index is 13.5. The van der Waals surface area contributed by atoms with E-state index in [-0.39, 0.29) is 24.6 Å². The van der Waals surface area contributed by atoms with E-state index in [4.69, 9.17) is 4.74 Å². The van der Waals surface area contributed by atoms with Crippen LogP contribution in [0.1, 0.15) is 12.0 Å². The average Bonchev–Trinajstić information content (AvgIpc) is 3.08. The van der Waals surface area contributed by atoms with Gasteiger partial charge in [-0.2, -0.15) is 0 Å². The Balaban J connectivity index is 1.44. The summed E-state index contributed by atoms with van der Waals surface area (Å²) < 4.78 is 18.5. The first-order valence-corrected chi connectivity index (χ1v) is 9.05. The van der Waals surface area contributed by atoms with Crippen LogP contribution in [0, 0.1) is 11.7 Å². The van der Waals surface area contributed by atoms with Crippen molar-refractivity contribution in [2.45, 2.75) is 12.8 Å². The Morgan fingerprint density at radius 3 is 2.57 bits per heavy atom. The average molecular weight is 384 g/mol. The molecule has 7 heteroatoms. The van der Waals surface area contributed by atoms with Crippen molar-refractivity contribution in [3.8, 4) is 0 Å². The number of hydrogen-bond donors (Lipinski definition) is 1. The van der Waals surface area contributed by atoms with Gasteiger partial charge < -0.3 is 15.0 Å². The molecule has 0 aromatic heterocycles. The van der Waals surface area contributed by atoms with E-state index in [0.717, 1.165) is 5.56 Å². The number of hydrogen-bond acceptors (Lipinski definition) is 4. The smallest absolute Gasteiger partial charge is 0.311 e. The number of benzene rings is 2. The van der Waals surface area contributed by atoms with Crippen LogP contribution in [0.3, 0.4) is 0 Å². The summed E-state index contributed by atoms with van der Waals surface area (Å²) in [6.45, 7) is 0.279. The molecule has 0 aliphatic carbocycles. The molecule has 2 aromatic rings. The third-order valence-corrected chi connectivity index (χ3v) is 4.55. The van der Waals surface area contributed by atoms with E-state index in [2.05, 4.69) is 5.32 Å². The largest absolute Gasteiger partial charge is 0.455 e. The Morgan fingerprint density at radius 2 is 1.82 bits per heavy atom. The monoisotopic (exact) mass is 384 g/mol. The third kappa shape index (κ3) is 5.16. The molecule has 1 saturated heterocycles. The Bertz CT molecular complexity index is 856. The van der Waals surface area contributed by atoms with Gasteiger partial charge in [0, 0.05) is 19.5 Å². The predicted octanol–water partition coefficient (Wildman–Crippen LogP) is 2.40. The van der Waals surface area contributed by atoms with Gasteiger partial charge in [0.25, 0.3) is 5.91 Å². The topological polar surface area (TPSA) is 75.7 Å². The number of likely N-dealkylation sites (tertiary alicyclic amines) is 1. The fourth-order valence-electron chi connectivity index (χ4n) is 3.06. The molecular weight excluding hydrogens is 363 g/mol. The second-order valence-corrected chi connectivity index (χ2v) is 6.61. The van der Waals surface area contributed by atoms with E-state index < -0.39 is 30.2 Å². The quantitative estimate of drug-likeness (QED) is 0.744. The van der Waals surface area contributed by atoms with E-state index in [1.807, 2.05) is 30.3 Å². The van der Waals surface area contributed by atoms with E-state index in [9.17, 15) is 18.8 Å². The number of ether oxygens (including phenoxy) is 1. The van der Waals surface area contributed by atoms with Gasteiger partial charge in [0.05, 0.1) is 11.6 Å². The van der Waals surface area contributed by atoms with Gasteiger partial charge in [0.15, 0.2) is 6.61 Å². The van der Waals surface area contributed by atoms with Crippen molar-refractivity contribution >= 4 is 23.5 Å². The van der Waals surface area contributed by atoms with Crippen LogP contribution in [0.15, 0.2) is 54.6 Å². The number of carbonyl (C=O) groups is 3. The van der Waals surface area contributed by atoms with Gasteiger partial charge in [0.2, 0.25) is 5.91 Å². The van der Waals surface area contributed by atoms with E-state index in [1.54, 1.807) is 11.0 Å². The SMILES string of the molecule is O=C(COC(=O)[C@H]1CC(=O)N(CCc2ccccc2)C1)Nc1ccccc1F. The third-order valence-electron chi connectivity index (χ3n) is 4.55. The number of anilines is 1. The second-order valence-electron chi connectivity index (χ2n) is 6.61. The molecular formula is C21H21FN2O4. The molecule has 28 heavy (non-hydrogen) atoms. The molecule has 0 bridgehead atoms. The molecule has 1 heterocycles. The van der Waals surface area contributed by atoms with Gasteiger partial charge in [-0.3, -0.25) is 14.4 Å². The summed E-state index contributed by atoms with van der Waals surface area (Å²) in [5.74, 6) is -2.50. The molecule has 1 N–H and O–H groups in total. The van der Waals surface area contributed by atoms with Crippen LogP contribution in [0.2, 0.25) is 0 Å². The molecule has 0 unspecified atom stereocenters. The molecule has 2 aromatic carbocycles. The minimum atomic E-state index is -0.635. The number of nitrogens with one attached hydrogen (secondary N) is 1. The van der Waals surface area contributed by atoms with Crippen molar-refractivity contribution < 1.29 is 23.5 Å². The highest BCUT2D eigenvalue weighted by Crippen LogP contribution is 2.20. The number of carbonyl (C=O) groups excluding carboxylic acids is 3. The van der Waals surface area contributed by atoms with Gasteiger partial charge in [0.1, 0.15) is 5.82 Å². The second kappa shape index (κ2) is 9.12. The fraction of sp³-hybridized carbons (Fsp3) is 0.286. The normalized spacial score (nSPS) is 16.1. The van der Waals surface area contributed by atoms with Crippen molar-refractivity contribution in [1.82, 2.24) is 4.90 Å². The predicted molar refractivity (Wildman–Crippen MR) is 101 cm³/mol. The Hall–Kier alpha value is -3.22. The van der Waals surface area contributed by atoms with Crippen molar-refractivity contribution in [2.24, 2.45) is 5.92 Å². The summed E-state index contributed by atoms with van der Waals surface area (Å²) in [7, 11) is 0. The van der Waals surface area contributed by atoms with Crippen LogP contribution in [0.5, 0.6) is 0 Å².